The molecule has 0 radical (unpaired) electrons. The number of hydrogen-bond donors (Lipinski definition) is 2. The van der Waals surface area contributed by atoms with Gasteiger partial charge in [-0.15, -0.1) is 0 Å². The summed E-state index contributed by atoms with van der Waals surface area (Å²) in [6.45, 7) is 3.07. The average molecular weight is 439 g/mol. The first-order valence-electron chi connectivity index (χ1n) is 12.4. The summed E-state index contributed by atoms with van der Waals surface area (Å²) in [6.07, 6.45) is 14.9. The van der Waals surface area contributed by atoms with Gasteiger partial charge in [0.1, 0.15) is 11.6 Å². The molecular formula is C26H38N4O2. The number of carbonyl (C=O) groups excluding carboxylic acids is 1. The number of anilines is 2. The maximum atomic E-state index is 12.9. The molecule has 2 fully saturated rings. The van der Waals surface area contributed by atoms with Crippen molar-refractivity contribution in [1.82, 2.24) is 5.32 Å². The highest BCUT2D eigenvalue weighted by Gasteiger charge is 2.17. The number of nitriles is 1. The number of amides is 1. The molecular weight excluding hydrogens is 400 g/mol. The monoisotopic (exact) mass is 438 g/mol. The van der Waals surface area contributed by atoms with Crippen LogP contribution in [0, 0.1) is 11.3 Å². The molecule has 2 N–H and O–H groups in total. The molecule has 174 valence electrons. The molecule has 0 aromatic heterocycles. The maximum absolute atomic E-state index is 12.9. The quantitative estimate of drug-likeness (QED) is 0.492. The summed E-state index contributed by atoms with van der Waals surface area (Å²) in [5.41, 5.74) is 2.07. The standard InChI is InChI=1S/C26H38N4O2/c27-20-22(21-28-24-14-10-11-15-25(24)30-16-18-32-19-17-30)26(31)29-23-12-8-6-4-2-1-3-5-7-9-13-23/h10-11,14-15,21,23,28H,1-9,12-13,16-19H2,(H,29,31)/b22-21-. The van der Waals surface area contributed by atoms with Gasteiger partial charge in [0.15, 0.2) is 0 Å². The van der Waals surface area contributed by atoms with E-state index in [1.165, 1.54) is 44.9 Å². The molecule has 0 bridgehead atoms. The third-order valence-corrected chi connectivity index (χ3v) is 6.43. The van der Waals surface area contributed by atoms with Crippen LogP contribution in [-0.4, -0.2) is 38.3 Å². The van der Waals surface area contributed by atoms with Crippen LogP contribution >= 0.6 is 0 Å². The van der Waals surface area contributed by atoms with Crippen molar-refractivity contribution in [3.8, 4) is 6.07 Å². The third kappa shape index (κ3) is 7.87. The van der Waals surface area contributed by atoms with Crippen LogP contribution in [-0.2, 0) is 9.53 Å². The highest BCUT2D eigenvalue weighted by Crippen LogP contribution is 2.26. The second-order valence-electron chi connectivity index (χ2n) is 8.86. The fourth-order valence-electron chi connectivity index (χ4n) is 4.54. The molecule has 6 nitrogen and oxygen atoms in total. The zero-order chi connectivity index (χ0) is 22.4. The van der Waals surface area contributed by atoms with E-state index in [4.69, 9.17) is 4.74 Å². The van der Waals surface area contributed by atoms with E-state index in [-0.39, 0.29) is 17.5 Å². The summed E-state index contributed by atoms with van der Waals surface area (Å²) in [6, 6.07) is 10.2. The first-order chi connectivity index (χ1) is 15.8. The summed E-state index contributed by atoms with van der Waals surface area (Å²) in [5, 5.41) is 16.0. The van der Waals surface area contributed by atoms with E-state index >= 15 is 0 Å². The van der Waals surface area contributed by atoms with Gasteiger partial charge in [0.25, 0.3) is 5.91 Å². The number of para-hydroxylation sites is 2. The SMILES string of the molecule is N#C/C(=C/Nc1ccccc1N1CCOCC1)C(=O)NC1CCCCCCCCCCC1. The number of carbonyl (C=O) groups is 1. The number of nitrogens with one attached hydrogen (secondary N) is 2. The van der Waals surface area contributed by atoms with Gasteiger partial charge < -0.3 is 20.3 Å². The van der Waals surface area contributed by atoms with Crippen molar-refractivity contribution in [3.05, 3.63) is 36.0 Å². The Morgan fingerprint density at radius 3 is 2.19 bits per heavy atom. The van der Waals surface area contributed by atoms with Crippen LogP contribution in [0.5, 0.6) is 0 Å². The topological polar surface area (TPSA) is 77.4 Å². The van der Waals surface area contributed by atoms with Gasteiger partial charge in [-0.3, -0.25) is 4.79 Å². The van der Waals surface area contributed by atoms with Crippen molar-refractivity contribution in [2.75, 3.05) is 36.5 Å². The first kappa shape index (κ1) is 24.1. The number of morpholine rings is 1. The minimum Gasteiger partial charge on any atom is -0.378 e. The predicted molar refractivity (Wildman–Crippen MR) is 130 cm³/mol. The first-order valence-corrected chi connectivity index (χ1v) is 12.4. The number of nitrogens with zero attached hydrogens (tertiary/aromatic N) is 2. The van der Waals surface area contributed by atoms with Crippen LogP contribution in [0.4, 0.5) is 11.4 Å². The molecule has 1 saturated carbocycles. The fraction of sp³-hybridized carbons (Fsp3) is 0.615. The van der Waals surface area contributed by atoms with Gasteiger partial charge in [0.2, 0.25) is 0 Å². The van der Waals surface area contributed by atoms with Crippen molar-refractivity contribution < 1.29 is 9.53 Å². The number of rotatable bonds is 5. The Labute approximate surface area is 193 Å². The molecule has 0 unspecified atom stereocenters. The van der Waals surface area contributed by atoms with Crippen LogP contribution in [0.2, 0.25) is 0 Å². The van der Waals surface area contributed by atoms with Gasteiger partial charge in [-0.1, -0.05) is 69.9 Å². The van der Waals surface area contributed by atoms with E-state index in [0.29, 0.717) is 13.2 Å². The molecule has 1 aromatic carbocycles. The summed E-state index contributed by atoms with van der Waals surface area (Å²) in [4.78, 5) is 15.1. The predicted octanol–water partition coefficient (Wildman–Crippen LogP) is 5.13. The van der Waals surface area contributed by atoms with Crippen molar-refractivity contribution >= 4 is 17.3 Å². The highest BCUT2D eigenvalue weighted by molar-refractivity contribution is 5.97. The largest absolute Gasteiger partial charge is 0.378 e. The Hall–Kier alpha value is -2.52. The number of ether oxygens (including phenoxy) is 1. The van der Waals surface area contributed by atoms with Gasteiger partial charge in [0, 0.05) is 25.3 Å². The van der Waals surface area contributed by atoms with E-state index < -0.39 is 0 Å². The molecule has 1 aliphatic carbocycles. The van der Waals surface area contributed by atoms with E-state index in [9.17, 15) is 10.1 Å². The second kappa shape index (κ2) is 13.8. The summed E-state index contributed by atoms with van der Waals surface area (Å²) in [7, 11) is 0. The summed E-state index contributed by atoms with van der Waals surface area (Å²) >= 11 is 0. The second-order valence-corrected chi connectivity index (χ2v) is 8.86. The van der Waals surface area contributed by atoms with E-state index in [1.54, 1.807) is 6.20 Å². The lowest BCUT2D eigenvalue weighted by molar-refractivity contribution is -0.117. The average Bonchev–Trinajstić information content (AvgIpc) is 2.82. The Morgan fingerprint density at radius 2 is 1.56 bits per heavy atom. The minimum absolute atomic E-state index is 0.118. The van der Waals surface area contributed by atoms with E-state index in [2.05, 4.69) is 27.7 Å². The molecule has 32 heavy (non-hydrogen) atoms. The fourth-order valence-corrected chi connectivity index (χ4v) is 4.54. The lowest BCUT2D eigenvalue weighted by atomic mass is 9.98. The highest BCUT2D eigenvalue weighted by atomic mass is 16.5. The van der Waals surface area contributed by atoms with Gasteiger partial charge in [-0.05, 0) is 25.0 Å². The Bertz CT molecular complexity index is 768. The molecule has 1 aromatic rings. The van der Waals surface area contributed by atoms with Crippen molar-refractivity contribution in [3.63, 3.8) is 0 Å². The Morgan fingerprint density at radius 1 is 0.969 bits per heavy atom. The molecule has 1 heterocycles. The van der Waals surface area contributed by atoms with Crippen LogP contribution in [0.1, 0.15) is 70.6 Å². The van der Waals surface area contributed by atoms with Crippen molar-refractivity contribution in [2.24, 2.45) is 0 Å². The molecule has 6 heteroatoms. The summed E-state index contributed by atoms with van der Waals surface area (Å²) in [5.74, 6) is -0.277. The van der Waals surface area contributed by atoms with E-state index in [1.807, 2.05) is 18.2 Å². The van der Waals surface area contributed by atoms with Crippen LogP contribution in [0.25, 0.3) is 0 Å². The van der Waals surface area contributed by atoms with Gasteiger partial charge in [-0.2, -0.15) is 5.26 Å². The van der Waals surface area contributed by atoms with Crippen molar-refractivity contribution in [2.45, 2.75) is 76.7 Å². The smallest absolute Gasteiger partial charge is 0.263 e. The molecule has 1 saturated heterocycles. The summed E-state index contributed by atoms with van der Waals surface area (Å²) < 4.78 is 5.45. The molecule has 0 atom stereocenters. The molecule has 2 aliphatic rings. The molecule has 1 amide bonds. The normalized spacial score (nSPS) is 19.8. The Balaban J connectivity index is 1.60. The molecule has 0 spiro atoms. The maximum Gasteiger partial charge on any atom is 0.263 e. The van der Waals surface area contributed by atoms with Crippen molar-refractivity contribution in [1.29, 1.82) is 5.26 Å². The van der Waals surface area contributed by atoms with Gasteiger partial charge >= 0.3 is 0 Å². The van der Waals surface area contributed by atoms with Crippen LogP contribution in [0.3, 0.4) is 0 Å². The lowest BCUT2D eigenvalue weighted by Crippen LogP contribution is -2.36. The van der Waals surface area contributed by atoms with Gasteiger partial charge in [-0.25, -0.2) is 0 Å². The zero-order valence-electron chi connectivity index (χ0n) is 19.3. The van der Waals surface area contributed by atoms with Crippen LogP contribution in [0.15, 0.2) is 36.0 Å². The number of benzene rings is 1. The molecule has 1 aliphatic heterocycles. The minimum atomic E-state index is -0.277. The van der Waals surface area contributed by atoms with Crippen LogP contribution < -0.4 is 15.5 Å². The zero-order valence-corrected chi connectivity index (χ0v) is 19.3. The number of hydrogen-bond acceptors (Lipinski definition) is 5. The lowest BCUT2D eigenvalue weighted by Gasteiger charge is -2.30. The van der Waals surface area contributed by atoms with Gasteiger partial charge in [0.05, 0.1) is 24.6 Å². The third-order valence-electron chi connectivity index (χ3n) is 6.43. The van der Waals surface area contributed by atoms with E-state index in [0.717, 1.165) is 50.1 Å². The Kier molecular flexibility index (Phi) is 10.4. The molecule has 3 rings (SSSR count).